The largest absolute Gasteiger partial charge is 0.354 e. The van der Waals surface area contributed by atoms with Crippen molar-refractivity contribution in [3.8, 4) is 0 Å². The van der Waals surface area contributed by atoms with Crippen LogP contribution in [0.15, 0.2) is 36.5 Å². The Morgan fingerprint density at radius 3 is 2.19 bits per heavy atom. The maximum absolute atomic E-state index is 13.2. The third-order valence-electron chi connectivity index (χ3n) is 4.20. The number of benzene rings is 1. The van der Waals surface area contributed by atoms with E-state index in [1.165, 1.54) is 19.2 Å². The Bertz CT molecular complexity index is 818. The number of hydrogen-bond donors (Lipinski definition) is 1. The third-order valence-corrected chi connectivity index (χ3v) is 4.20. The van der Waals surface area contributed by atoms with Gasteiger partial charge in [-0.2, -0.15) is 0 Å². The molecule has 2 heterocycles. The predicted molar refractivity (Wildman–Crippen MR) is 92.0 cm³/mol. The van der Waals surface area contributed by atoms with Gasteiger partial charge in [0.05, 0.1) is 11.9 Å². The number of rotatable bonds is 3. The van der Waals surface area contributed by atoms with E-state index in [2.05, 4.69) is 10.3 Å². The molecule has 1 fully saturated rings. The molecule has 2 amide bonds. The molecule has 3 rings (SSSR count). The van der Waals surface area contributed by atoms with Crippen LogP contribution in [-0.4, -0.2) is 52.8 Å². The fourth-order valence-corrected chi connectivity index (χ4v) is 2.72. The first-order chi connectivity index (χ1) is 12.4. The third kappa shape index (κ3) is 3.96. The molecule has 136 valence electrons. The second-order valence-corrected chi connectivity index (χ2v) is 5.98. The zero-order valence-electron chi connectivity index (χ0n) is 14.2. The van der Waals surface area contributed by atoms with Gasteiger partial charge in [0.2, 0.25) is 5.91 Å². The normalized spacial score (nSPS) is 14.3. The Morgan fingerprint density at radius 1 is 0.962 bits per heavy atom. The van der Waals surface area contributed by atoms with Gasteiger partial charge in [-0.1, -0.05) is 0 Å². The van der Waals surface area contributed by atoms with Crippen LogP contribution >= 0.6 is 0 Å². The molecular weight excluding hydrogens is 342 g/mol. The molecule has 26 heavy (non-hydrogen) atoms. The van der Waals surface area contributed by atoms with Gasteiger partial charge in [-0.3, -0.25) is 9.59 Å². The lowest BCUT2D eigenvalue weighted by Gasteiger charge is -2.34. The number of nitrogens with one attached hydrogen (secondary N) is 1. The highest BCUT2D eigenvalue weighted by Gasteiger charge is 2.23. The van der Waals surface area contributed by atoms with Crippen LogP contribution in [0.5, 0.6) is 0 Å². The predicted octanol–water partition coefficient (Wildman–Crippen LogP) is 2.41. The van der Waals surface area contributed by atoms with Gasteiger partial charge < -0.3 is 15.1 Å². The molecule has 0 unspecified atom stereocenters. The highest BCUT2D eigenvalue weighted by Crippen LogP contribution is 2.19. The van der Waals surface area contributed by atoms with E-state index < -0.39 is 11.6 Å². The summed E-state index contributed by atoms with van der Waals surface area (Å²) in [7, 11) is 0. The van der Waals surface area contributed by atoms with Gasteiger partial charge in [-0.25, -0.2) is 13.8 Å². The summed E-state index contributed by atoms with van der Waals surface area (Å²) in [6.45, 7) is 3.47. The number of halogens is 2. The summed E-state index contributed by atoms with van der Waals surface area (Å²) < 4.78 is 26.2. The van der Waals surface area contributed by atoms with Crippen molar-refractivity contribution in [3.05, 3.63) is 53.9 Å². The molecule has 0 bridgehead atoms. The minimum Gasteiger partial charge on any atom is -0.354 e. The topological polar surface area (TPSA) is 65.5 Å². The van der Waals surface area contributed by atoms with Crippen molar-refractivity contribution < 1.29 is 18.4 Å². The van der Waals surface area contributed by atoms with E-state index in [-0.39, 0.29) is 17.5 Å². The van der Waals surface area contributed by atoms with Crippen molar-refractivity contribution in [3.63, 3.8) is 0 Å². The Balaban J connectivity index is 1.63. The summed E-state index contributed by atoms with van der Waals surface area (Å²) in [4.78, 5) is 31.3. The highest BCUT2D eigenvalue weighted by atomic mass is 19.2. The number of amides is 2. The molecule has 2 aromatic rings. The number of aromatic nitrogens is 1. The van der Waals surface area contributed by atoms with E-state index in [9.17, 15) is 18.4 Å². The molecule has 0 radical (unpaired) electrons. The van der Waals surface area contributed by atoms with Crippen molar-refractivity contribution in [1.82, 2.24) is 14.8 Å². The molecule has 1 aliphatic rings. The van der Waals surface area contributed by atoms with Crippen molar-refractivity contribution in [2.24, 2.45) is 0 Å². The van der Waals surface area contributed by atoms with E-state index in [1.54, 1.807) is 21.9 Å². The SMILES string of the molecule is CC(=O)N1CCN(C(=O)c2ccc(Nc3ccc(F)c(F)c3)cn2)CC1. The Morgan fingerprint density at radius 2 is 1.62 bits per heavy atom. The lowest BCUT2D eigenvalue weighted by molar-refractivity contribution is -0.130. The number of nitrogens with zero attached hydrogens (tertiary/aromatic N) is 3. The summed E-state index contributed by atoms with van der Waals surface area (Å²) >= 11 is 0. The molecule has 0 aliphatic carbocycles. The molecule has 0 saturated carbocycles. The molecule has 1 saturated heterocycles. The van der Waals surface area contributed by atoms with E-state index in [0.717, 1.165) is 12.1 Å². The number of carbonyl (C=O) groups excluding carboxylic acids is 2. The number of anilines is 2. The van der Waals surface area contributed by atoms with Gasteiger partial charge in [0.15, 0.2) is 11.6 Å². The molecule has 1 aromatic carbocycles. The average molecular weight is 360 g/mol. The van der Waals surface area contributed by atoms with Gasteiger partial charge in [0.1, 0.15) is 5.69 Å². The maximum Gasteiger partial charge on any atom is 0.272 e. The van der Waals surface area contributed by atoms with E-state index in [4.69, 9.17) is 0 Å². The van der Waals surface area contributed by atoms with Gasteiger partial charge in [0.25, 0.3) is 5.91 Å². The summed E-state index contributed by atoms with van der Waals surface area (Å²) in [5.74, 6) is -2.06. The number of piperazine rings is 1. The molecule has 1 N–H and O–H groups in total. The second kappa shape index (κ2) is 7.47. The molecule has 1 aliphatic heterocycles. The quantitative estimate of drug-likeness (QED) is 0.913. The Hall–Kier alpha value is -3.03. The summed E-state index contributed by atoms with van der Waals surface area (Å²) in [5.41, 5.74) is 1.22. The van der Waals surface area contributed by atoms with Crippen molar-refractivity contribution in [2.75, 3.05) is 31.5 Å². The lowest BCUT2D eigenvalue weighted by Crippen LogP contribution is -2.50. The van der Waals surface area contributed by atoms with Crippen molar-refractivity contribution >= 4 is 23.2 Å². The Kier molecular flexibility index (Phi) is 5.11. The molecule has 0 atom stereocenters. The average Bonchev–Trinajstić information content (AvgIpc) is 2.65. The highest BCUT2D eigenvalue weighted by molar-refractivity contribution is 5.92. The summed E-state index contributed by atoms with van der Waals surface area (Å²) in [6, 6.07) is 6.70. The first kappa shape index (κ1) is 17.8. The fraction of sp³-hybridized carbons (Fsp3) is 0.278. The van der Waals surface area contributed by atoms with Gasteiger partial charge in [-0.05, 0) is 24.3 Å². The zero-order valence-corrected chi connectivity index (χ0v) is 14.2. The molecule has 1 aromatic heterocycles. The smallest absolute Gasteiger partial charge is 0.272 e. The van der Waals surface area contributed by atoms with Crippen LogP contribution in [0.1, 0.15) is 17.4 Å². The van der Waals surface area contributed by atoms with Gasteiger partial charge in [-0.15, -0.1) is 0 Å². The summed E-state index contributed by atoms with van der Waals surface area (Å²) in [6.07, 6.45) is 1.46. The minimum atomic E-state index is -0.945. The number of pyridine rings is 1. The second-order valence-electron chi connectivity index (χ2n) is 5.98. The van der Waals surface area contributed by atoms with Crippen LogP contribution in [0.2, 0.25) is 0 Å². The Labute approximate surface area is 149 Å². The molecule has 6 nitrogen and oxygen atoms in total. The maximum atomic E-state index is 13.2. The lowest BCUT2D eigenvalue weighted by atomic mass is 10.2. The van der Waals surface area contributed by atoms with Crippen LogP contribution in [0.25, 0.3) is 0 Å². The van der Waals surface area contributed by atoms with Crippen LogP contribution in [0, 0.1) is 11.6 Å². The van der Waals surface area contributed by atoms with Crippen molar-refractivity contribution in [1.29, 1.82) is 0 Å². The number of carbonyl (C=O) groups is 2. The van der Waals surface area contributed by atoms with Crippen LogP contribution in [0.3, 0.4) is 0 Å². The molecular formula is C18H18F2N4O2. The summed E-state index contributed by atoms with van der Waals surface area (Å²) in [5, 5.41) is 2.90. The van der Waals surface area contributed by atoms with Gasteiger partial charge >= 0.3 is 0 Å². The fourth-order valence-electron chi connectivity index (χ4n) is 2.72. The van der Waals surface area contributed by atoms with Crippen LogP contribution in [0.4, 0.5) is 20.2 Å². The van der Waals surface area contributed by atoms with E-state index in [0.29, 0.717) is 37.6 Å². The standard InChI is InChI=1S/C18H18F2N4O2/c1-12(25)23-6-8-24(9-7-23)18(26)17-5-3-14(11-21-17)22-13-2-4-15(19)16(20)10-13/h2-5,10-11,22H,6-9H2,1H3. The van der Waals surface area contributed by atoms with E-state index >= 15 is 0 Å². The van der Waals surface area contributed by atoms with E-state index in [1.807, 2.05) is 0 Å². The monoisotopic (exact) mass is 360 g/mol. The van der Waals surface area contributed by atoms with Gasteiger partial charge in [0, 0.05) is 44.9 Å². The first-order valence-corrected chi connectivity index (χ1v) is 8.17. The minimum absolute atomic E-state index is 0.00267. The zero-order chi connectivity index (χ0) is 18.7. The number of hydrogen-bond acceptors (Lipinski definition) is 4. The van der Waals surface area contributed by atoms with Crippen molar-refractivity contribution in [2.45, 2.75) is 6.92 Å². The molecule has 8 heteroatoms. The van der Waals surface area contributed by atoms with Crippen LogP contribution < -0.4 is 5.32 Å². The first-order valence-electron chi connectivity index (χ1n) is 8.17. The molecule has 0 spiro atoms. The van der Waals surface area contributed by atoms with Crippen LogP contribution in [-0.2, 0) is 4.79 Å².